The molecule has 0 bridgehead atoms. The molecule has 1 aliphatic rings. The monoisotopic (exact) mass is 300 g/mol. The Kier molecular flexibility index (Phi) is 4.79. The summed E-state index contributed by atoms with van der Waals surface area (Å²) in [6.45, 7) is 10.8. The molecule has 0 aliphatic heterocycles. The van der Waals surface area contributed by atoms with Crippen molar-refractivity contribution >= 4 is 5.78 Å². The van der Waals surface area contributed by atoms with Gasteiger partial charge in [-0.2, -0.15) is 0 Å². The molecular formula is C20H28O2. The highest BCUT2D eigenvalue weighted by atomic mass is 16.5. The van der Waals surface area contributed by atoms with Crippen LogP contribution in [-0.4, -0.2) is 12.9 Å². The first kappa shape index (κ1) is 16.8. The van der Waals surface area contributed by atoms with Crippen molar-refractivity contribution in [1.29, 1.82) is 0 Å². The number of ether oxygens (including phenoxy) is 1. The van der Waals surface area contributed by atoms with Gasteiger partial charge in [-0.3, -0.25) is 4.79 Å². The summed E-state index contributed by atoms with van der Waals surface area (Å²) in [5.41, 5.74) is 4.20. The second-order valence-corrected chi connectivity index (χ2v) is 6.92. The molecule has 0 fully saturated rings. The van der Waals surface area contributed by atoms with Crippen LogP contribution in [0.3, 0.4) is 0 Å². The lowest BCUT2D eigenvalue weighted by Crippen LogP contribution is -2.30. The van der Waals surface area contributed by atoms with Crippen molar-refractivity contribution < 1.29 is 9.53 Å². The van der Waals surface area contributed by atoms with E-state index in [2.05, 4.69) is 40.7 Å². The summed E-state index contributed by atoms with van der Waals surface area (Å²) < 4.78 is 5.61. The Balaban J connectivity index is 2.65. The molecule has 1 aromatic carbocycles. The van der Waals surface area contributed by atoms with E-state index in [1.54, 1.807) is 7.11 Å². The first-order valence-corrected chi connectivity index (χ1v) is 8.30. The number of allylic oxidation sites excluding steroid dienone is 2. The molecule has 1 atom stereocenters. The summed E-state index contributed by atoms with van der Waals surface area (Å²) in [5.74, 6) is 1.37. The average molecular weight is 300 g/mol. The maximum atomic E-state index is 12.5. The summed E-state index contributed by atoms with van der Waals surface area (Å²) in [5, 5.41) is 0. The van der Waals surface area contributed by atoms with Gasteiger partial charge in [-0.1, -0.05) is 46.1 Å². The lowest BCUT2D eigenvalue weighted by Gasteiger charge is -2.36. The molecule has 120 valence electrons. The number of unbranched alkanes of at least 4 members (excludes halogenated alkanes) is 1. The Labute approximate surface area is 134 Å². The fraction of sp³-hybridized carbons (Fsp3) is 0.550. The zero-order chi connectivity index (χ0) is 16.5. The predicted molar refractivity (Wildman–Crippen MR) is 92.0 cm³/mol. The lowest BCUT2D eigenvalue weighted by molar-refractivity contribution is 0.103. The van der Waals surface area contributed by atoms with Crippen LogP contribution in [0.4, 0.5) is 0 Å². The van der Waals surface area contributed by atoms with Gasteiger partial charge in [0.05, 0.1) is 7.11 Å². The number of benzene rings is 1. The first-order chi connectivity index (χ1) is 10.3. The van der Waals surface area contributed by atoms with Crippen molar-refractivity contribution in [2.75, 3.05) is 7.11 Å². The topological polar surface area (TPSA) is 26.3 Å². The molecule has 0 heterocycles. The van der Waals surface area contributed by atoms with Gasteiger partial charge in [-0.25, -0.2) is 0 Å². The average Bonchev–Trinajstić information content (AvgIpc) is 2.49. The van der Waals surface area contributed by atoms with E-state index in [0.29, 0.717) is 5.92 Å². The molecule has 22 heavy (non-hydrogen) atoms. The zero-order valence-corrected chi connectivity index (χ0v) is 14.7. The molecule has 2 rings (SSSR count). The molecule has 0 aromatic heterocycles. The van der Waals surface area contributed by atoms with E-state index in [0.717, 1.165) is 47.3 Å². The number of methoxy groups -OCH3 is 1. The molecule has 1 aliphatic carbocycles. The highest BCUT2D eigenvalue weighted by Crippen LogP contribution is 2.45. The SMILES string of the molecule is CCCC[C@@]1(C)C(C)=CC(=O)c2cc(C(C)C)c(OC)cc21. The third-order valence-corrected chi connectivity index (χ3v) is 5.10. The highest BCUT2D eigenvalue weighted by Gasteiger charge is 2.36. The molecule has 0 radical (unpaired) electrons. The predicted octanol–water partition coefficient (Wildman–Crippen LogP) is 5.41. The van der Waals surface area contributed by atoms with Crippen LogP contribution in [0, 0.1) is 0 Å². The lowest BCUT2D eigenvalue weighted by atomic mass is 9.67. The third kappa shape index (κ3) is 2.71. The Hall–Kier alpha value is -1.57. The van der Waals surface area contributed by atoms with Crippen molar-refractivity contribution in [3.05, 3.63) is 40.5 Å². The van der Waals surface area contributed by atoms with Crippen LogP contribution in [0.1, 0.15) is 81.3 Å². The molecule has 1 aromatic rings. The van der Waals surface area contributed by atoms with Crippen molar-refractivity contribution in [2.24, 2.45) is 0 Å². The molecule has 0 saturated carbocycles. The van der Waals surface area contributed by atoms with E-state index in [1.807, 2.05) is 12.1 Å². The Bertz CT molecular complexity index is 610. The fourth-order valence-corrected chi connectivity index (χ4v) is 3.39. The Morgan fingerprint density at radius 3 is 2.50 bits per heavy atom. The standard InChI is InChI=1S/C20H28O2/c1-7-8-9-20(5)14(4)10-18(21)16-11-15(13(2)3)19(22-6)12-17(16)20/h10-13H,7-9H2,1-6H3/t20-/m0/s1. The van der Waals surface area contributed by atoms with Gasteiger partial charge in [0, 0.05) is 11.0 Å². The number of carbonyl (C=O) groups excluding carboxylic acids is 1. The second kappa shape index (κ2) is 6.28. The van der Waals surface area contributed by atoms with Crippen LogP contribution >= 0.6 is 0 Å². The Morgan fingerprint density at radius 1 is 1.27 bits per heavy atom. The highest BCUT2D eigenvalue weighted by molar-refractivity contribution is 6.08. The molecule has 0 amide bonds. The van der Waals surface area contributed by atoms with Crippen LogP contribution < -0.4 is 4.74 Å². The zero-order valence-electron chi connectivity index (χ0n) is 14.7. The summed E-state index contributed by atoms with van der Waals surface area (Å²) >= 11 is 0. The normalized spacial score (nSPS) is 20.9. The molecule has 2 heteroatoms. The van der Waals surface area contributed by atoms with Gasteiger partial charge in [0.1, 0.15) is 5.75 Å². The summed E-state index contributed by atoms with van der Waals surface area (Å²) in [4.78, 5) is 12.5. The summed E-state index contributed by atoms with van der Waals surface area (Å²) in [6.07, 6.45) is 5.21. The number of hydrogen-bond acceptors (Lipinski definition) is 2. The van der Waals surface area contributed by atoms with Crippen LogP contribution in [-0.2, 0) is 5.41 Å². The van der Waals surface area contributed by atoms with Gasteiger partial charge < -0.3 is 4.74 Å². The number of rotatable bonds is 5. The van der Waals surface area contributed by atoms with Gasteiger partial charge in [0.15, 0.2) is 5.78 Å². The van der Waals surface area contributed by atoms with Crippen LogP contribution in [0.25, 0.3) is 0 Å². The van der Waals surface area contributed by atoms with Crippen LogP contribution in [0.5, 0.6) is 5.75 Å². The largest absolute Gasteiger partial charge is 0.496 e. The van der Waals surface area contributed by atoms with Crippen LogP contribution in [0.2, 0.25) is 0 Å². The van der Waals surface area contributed by atoms with Gasteiger partial charge in [-0.15, -0.1) is 0 Å². The van der Waals surface area contributed by atoms with E-state index >= 15 is 0 Å². The van der Waals surface area contributed by atoms with Crippen molar-refractivity contribution in [3.8, 4) is 5.75 Å². The van der Waals surface area contributed by atoms with E-state index in [-0.39, 0.29) is 11.2 Å². The molecular weight excluding hydrogens is 272 g/mol. The van der Waals surface area contributed by atoms with Gasteiger partial charge in [-0.05, 0) is 48.6 Å². The van der Waals surface area contributed by atoms with Gasteiger partial charge in [0.25, 0.3) is 0 Å². The second-order valence-electron chi connectivity index (χ2n) is 6.92. The Morgan fingerprint density at radius 2 is 1.95 bits per heavy atom. The minimum atomic E-state index is -0.0674. The van der Waals surface area contributed by atoms with Gasteiger partial charge >= 0.3 is 0 Å². The molecule has 0 unspecified atom stereocenters. The van der Waals surface area contributed by atoms with Crippen LogP contribution in [0.15, 0.2) is 23.8 Å². The molecule has 0 spiro atoms. The van der Waals surface area contributed by atoms with E-state index in [9.17, 15) is 4.79 Å². The molecule has 0 N–H and O–H groups in total. The first-order valence-electron chi connectivity index (χ1n) is 8.30. The fourth-order valence-electron chi connectivity index (χ4n) is 3.39. The quantitative estimate of drug-likeness (QED) is 0.727. The maximum absolute atomic E-state index is 12.5. The number of carbonyl (C=O) groups is 1. The smallest absolute Gasteiger partial charge is 0.186 e. The summed E-state index contributed by atoms with van der Waals surface area (Å²) in [6, 6.07) is 4.16. The molecule has 2 nitrogen and oxygen atoms in total. The maximum Gasteiger partial charge on any atom is 0.186 e. The van der Waals surface area contributed by atoms with Crippen molar-refractivity contribution in [3.63, 3.8) is 0 Å². The summed E-state index contributed by atoms with van der Waals surface area (Å²) in [7, 11) is 1.71. The van der Waals surface area contributed by atoms with Gasteiger partial charge in [0.2, 0.25) is 0 Å². The number of ketones is 1. The minimum absolute atomic E-state index is 0.0674. The van der Waals surface area contributed by atoms with E-state index in [1.165, 1.54) is 0 Å². The van der Waals surface area contributed by atoms with Crippen molar-refractivity contribution in [2.45, 2.75) is 65.2 Å². The minimum Gasteiger partial charge on any atom is -0.496 e. The van der Waals surface area contributed by atoms with E-state index in [4.69, 9.17) is 4.74 Å². The molecule has 0 saturated heterocycles. The van der Waals surface area contributed by atoms with Crippen molar-refractivity contribution in [1.82, 2.24) is 0 Å². The number of hydrogen-bond donors (Lipinski definition) is 0. The van der Waals surface area contributed by atoms with E-state index < -0.39 is 0 Å². The third-order valence-electron chi connectivity index (χ3n) is 5.10. The number of fused-ring (bicyclic) bond motifs is 1.